The summed E-state index contributed by atoms with van der Waals surface area (Å²) in [6.45, 7) is 5.02. The Labute approximate surface area is 125 Å². The van der Waals surface area contributed by atoms with Crippen molar-refractivity contribution in [3.63, 3.8) is 0 Å². The van der Waals surface area contributed by atoms with Gasteiger partial charge in [-0.1, -0.05) is 12.1 Å². The number of hydrogen-bond acceptors (Lipinski definition) is 4. The van der Waals surface area contributed by atoms with Crippen LogP contribution in [0.2, 0.25) is 0 Å². The molecular formula is C16H24N2O3. The van der Waals surface area contributed by atoms with Crippen LogP contribution in [0.15, 0.2) is 24.3 Å². The van der Waals surface area contributed by atoms with Crippen LogP contribution >= 0.6 is 0 Å². The van der Waals surface area contributed by atoms with Gasteiger partial charge in [0.1, 0.15) is 0 Å². The monoisotopic (exact) mass is 292 g/mol. The SMILES string of the molecule is Cc1cccc(NC(=O)CCCN2CCOCC2CO)c1. The van der Waals surface area contributed by atoms with Crippen molar-refractivity contribution >= 4 is 11.6 Å². The molecular weight excluding hydrogens is 268 g/mol. The lowest BCUT2D eigenvalue weighted by atomic mass is 10.2. The van der Waals surface area contributed by atoms with E-state index in [0.717, 1.165) is 30.8 Å². The number of aliphatic hydroxyl groups is 1. The Morgan fingerprint density at radius 1 is 1.52 bits per heavy atom. The third-order valence-corrected chi connectivity index (χ3v) is 3.71. The van der Waals surface area contributed by atoms with E-state index in [4.69, 9.17) is 4.74 Å². The number of aliphatic hydroxyl groups excluding tert-OH is 1. The average molecular weight is 292 g/mol. The van der Waals surface area contributed by atoms with Gasteiger partial charge in [0, 0.05) is 18.7 Å². The highest BCUT2D eigenvalue weighted by molar-refractivity contribution is 5.90. The number of ether oxygens (including phenoxy) is 1. The Kier molecular flexibility index (Phi) is 6.17. The van der Waals surface area contributed by atoms with Crippen LogP contribution in [0.4, 0.5) is 5.69 Å². The Hall–Kier alpha value is -1.43. The summed E-state index contributed by atoms with van der Waals surface area (Å²) in [5, 5.41) is 12.2. The topological polar surface area (TPSA) is 61.8 Å². The number of anilines is 1. The second kappa shape index (κ2) is 8.12. The van der Waals surface area contributed by atoms with Crippen molar-refractivity contribution in [2.24, 2.45) is 0 Å². The van der Waals surface area contributed by atoms with E-state index in [-0.39, 0.29) is 18.6 Å². The summed E-state index contributed by atoms with van der Waals surface area (Å²) in [5.74, 6) is 0.0365. The molecule has 0 bridgehead atoms. The van der Waals surface area contributed by atoms with Crippen LogP contribution < -0.4 is 5.32 Å². The average Bonchev–Trinajstić information content (AvgIpc) is 2.47. The Bertz CT molecular complexity index is 465. The summed E-state index contributed by atoms with van der Waals surface area (Å²) >= 11 is 0. The molecule has 1 unspecified atom stereocenters. The summed E-state index contributed by atoms with van der Waals surface area (Å²) in [4.78, 5) is 14.1. The molecule has 1 aliphatic rings. The van der Waals surface area contributed by atoms with Crippen LogP contribution in [0, 0.1) is 6.92 Å². The van der Waals surface area contributed by atoms with Crippen LogP contribution in [-0.4, -0.2) is 54.9 Å². The smallest absolute Gasteiger partial charge is 0.224 e. The molecule has 0 spiro atoms. The van der Waals surface area contributed by atoms with Crippen molar-refractivity contribution in [3.8, 4) is 0 Å². The molecule has 1 aromatic rings. The lowest BCUT2D eigenvalue weighted by molar-refractivity contribution is -0.116. The van der Waals surface area contributed by atoms with Gasteiger partial charge in [-0.2, -0.15) is 0 Å². The van der Waals surface area contributed by atoms with E-state index in [2.05, 4.69) is 10.2 Å². The third-order valence-electron chi connectivity index (χ3n) is 3.71. The Morgan fingerprint density at radius 3 is 3.14 bits per heavy atom. The van der Waals surface area contributed by atoms with Crippen molar-refractivity contribution in [2.45, 2.75) is 25.8 Å². The molecule has 0 radical (unpaired) electrons. The third kappa shape index (κ3) is 5.12. The first-order chi connectivity index (χ1) is 10.2. The van der Waals surface area contributed by atoms with E-state index >= 15 is 0 Å². The molecule has 1 aromatic carbocycles. The molecule has 0 saturated carbocycles. The number of benzene rings is 1. The maximum atomic E-state index is 11.9. The van der Waals surface area contributed by atoms with Crippen LogP contribution in [0.1, 0.15) is 18.4 Å². The predicted octanol–water partition coefficient (Wildman–Crippen LogP) is 1.41. The first-order valence-corrected chi connectivity index (χ1v) is 7.48. The minimum atomic E-state index is 0.0365. The number of morpholine rings is 1. The number of nitrogens with zero attached hydrogens (tertiary/aromatic N) is 1. The van der Waals surface area contributed by atoms with Crippen molar-refractivity contribution in [2.75, 3.05) is 38.2 Å². The first-order valence-electron chi connectivity index (χ1n) is 7.48. The first kappa shape index (κ1) is 15.9. The fraction of sp³-hybridized carbons (Fsp3) is 0.562. The molecule has 1 aliphatic heterocycles. The second-order valence-electron chi connectivity index (χ2n) is 5.47. The van der Waals surface area contributed by atoms with Crippen molar-refractivity contribution < 1.29 is 14.6 Å². The second-order valence-corrected chi connectivity index (χ2v) is 5.47. The lowest BCUT2D eigenvalue weighted by Gasteiger charge is -2.34. The highest BCUT2D eigenvalue weighted by atomic mass is 16.5. The Balaban J connectivity index is 1.71. The summed E-state index contributed by atoms with van der Waals surface area (Å²) in [6.07, 6.45) is 1.28. The number of carbonyl (C=O) groups excluding carboxylic acids is 1. The van der Waals surface area contributed by atoms with E-state index < -0.39 is 0 Å². The zero-order chi connectivity index (χ0) is 15.1. The number of carbonyl (C=O) groups is 1. The maximum Gasteiger partial charge on any atom is 0.224 e. The molecule has 1 atom stereocenters. The Morgan fingerprint density at radius 2 is 2.38 bits per heavy atom. The molecule has 21 heavy (non-hydrogen) atoms. The zero-order valence-corrected chi connectivity index (χ0v) is 12.5. The molecule has 5 nitrogen and oxygen atoms in total. The summed E-state index contributed by atoms with van der Waals surface area (Å²) in [6, 6.07) is 7.86. The van der Waals surface area contributed by atoms with Gasteiger partial charge in [-0.25, -0.2) is 0 Å². The van der Waals surface area contributed by atoms with Crippen LogP contribution in [0.5, 0.6) is 0 Å². The summed E-state index contributed by atoms with van der Waals surface area (Å²) in [7, 11) is 0. The van der Waals surface area contributed by atoms with E-state index in [1.54, 1.807) is 0 Å². The van der Waals surface area contributed by atoms with Crippen LogP contribution in [-0.2, 0) is 9.53 Å². The number of hydrogen-bond donors (Lipinski definition) is 2. The number of rotatable bonds is 6. The molecule has 116 valence electrons. The molecule has 0 aliphatic carbocycles. The quantitative estimate of drug-likeness (QED) is 0.832. The van der Waals surface area contributed by atoms with Gasteiger partial charge in [0.25, 0.3) is 0 Å². The summed E-state index contributed by atoms with van der Waals surface area (Å²) < 4.78 is 5.34. The van der Waals surface area contributed by atoms with Gasteiger partial charge in [0.2, 0.25) is 5.91 Å². The van der Waals surface area contributed by atoms with Crippen molar-refractivity contribution in [1.82, 2.24) is 4.90 Å². The zero-order valence-electron chi connectivity index (χ0n) is 12.5. The highest BCUT2D eigenvalue weighted by Crippen LogP contribution is 2.11. The molecule has 1 saturated heterocycles. The number of nitrogens with one attached hydrogen (secondary N) is 1. The van der Waals surface area contributed by atoms with E-state index in [9.17, 15) is 9.90 Å². The largest absolute Gasteiger partial charge is 0.395 e. The van der Waals surface area contributed by atoms with Gasteiger partial charge in [0.15, 0.2) is 0 Å². The molecule has 5 heteroatoms. The molecule has 2 N–H and O–H groups in total. The molecule has 1 amide bonds. The fourth-order valence-corrected chi connectivity index (χ4v) is 2.54. The van der Waals surface area contributed by atoms with E-state index in [1.165, 1.54) is 0 Å². The fourth-order valence-electron chi connectivity index (χ4n) is 2.54. The number of amides is 1. The van der Waals surface area contributed by atoms with Gasteiger partial charge < -0.3 is 15.2 Å². The van der Waals surface area contributed by atoms with Gasteiger partial charge in [-0.15, -0.1) is 0 Å². The minimum absolute atomic E-state index is 0.0365. The van der Waals surface area contributed by atoms with Gasteiger partial charge in [-0.3, -0.25) is 9.69 Å². The van der Waals surface area contributed by atoms with Crippen molar-refractivity contribution in [1.29, 1.82) is 0 Å². The van der Waals surface area contributed by atoms with Gasteiger partial charge in [-0.05, 0) is 37.6 Å². The van der Waals surface area contributed by atoms with E-state index in [1.807, 2.05) is 31.2 Å². The normalized spacial score (nSPS) is 19.4. The summed E-state index contributed by atoms with van der Waals surface area (Å²) in [5.41, 5.74) is 1.98. The van der Waals surface area contributed by atoms with Gasteiger partial charge >= 0.3 is 0 Å². The van der Waals surface area contributed by atoms with E-state index in [0.29, 0.717) is 19.6 Å². The van der Waals surface area contributed by atoms with Crippen LogP contribution in [0.25, 0.3) is 0 Å². The van der Waals surface area contributed by atoms with Crippen LogP contribution in [0.3, 0.4) is 0 Å². The maximum absolute atomic E-state index is 11.9. The van der Waals surface area contributed by atoms with Crippen molar-refractivity contribution in [3.05, 3.63) is 29.8 Å². The minimum Gasteiger partial charge on any atom is -0.395 e. The lowest BCUT2D eigenvalue weighted by Crippen LogP contribution is -2.47. The van der Waals surface area contributed by atoms with Gasteiger partial charge in [0.05, 0.1) is 25.9 Å². The molecule has 1 heterocycles. The molecule has 1 fully saturated rings. The highest BCUT2D eigenvalue weighted by Gasteiger charge is 2.21. The predicted molar refractivity (Wildman–Crippen MR) is 82.3 cm³/mol. The molecule has 2 rings (SSSR count). The molecule has 0 aromatic heterocycles. The number of aryl methyl sites for hydroxylation is 1. The standard InChI is InChI=1S/C16H24N2O3/c1-13-4-2-5-14(10-13)17-16(20)6-3-7-18-8-9-21-12-15(18)11-19/h2,4-5,10,15,19H,3,6-9,11-12H2,1H3,(H,17,20).